The summed E-state index contributed by atoms with van der Waals surface area (Å²) < 4.78 is 18.6. The molecule has 26 heavy (non-hydrogen) atoms. The highest BCUT2D eigenvalue weighted by molar-refractivity contribution is 5.88. The lowest BCUT2D eigenvalue weighted by atomic mass is 10.0. The topological polar surface area (TPSA) is 64.9 Å². The van der Waals surface area contributed by atoms with Gasteiger partial charge in [-0.3, -0.25) is 4.90 Å². The van der Waals surface area contributed by atoms with E-state index in [4.69, 9.17) is 4.52 Å². The summed E-state index contributed by atoms with van der Waals surface area (Å²) in [4.78, 5) is 18.7. The number of hydrogen-bond acceptors (Lipinski definition) is 5. The lowest BCUT2D eigenvalue weighted by molar-refractivity contribution is -0.00996. The van der Waals surface area contributed by atoms with Crippen molar-refractivity contribution in [1.82, 2.24) is 20.3 Å². The van der Waals surface area contributed by atoms with Gasteiger partial charge in [-0.05, 0) is 25.5 Å². The zero-order valence-corrected chi connectivity index (χ0v) is 15.2. The first-order valence-corrected chi connectivity index (χ1v) is 9.19. The molecule has 140 valence electrons. The van der Waals surface area contributed by atoms with Crippen LogP contribution < -0.4 is 10.2 Å². The van der Waals surface area contributed by atoms with Crippen LogP contribution in [0.3, 0.4) is 0 Å². The van der Waals surface area contributed by atoms with E-state index in [-0.39, 0.29) is 17.5 Å². The van der Waals surface area contributed by atoms with E-state index < -0.39 is 0 Å². The van der Waals surface area contributed by atoms with Crippen LogP contribution in [0.5, 0.6) is 0 Å². The first-order valence-electron chi connectivity index (χ1n) is 9.19. The lowest BCUT2D eigenvalue weighted by Crippen LogP contribution is -2.64. The fourth-order valence-corrected chi connectivity index (χ4v) is 4.32. The number of likely N-dealkylation sites (N-methyl/N-ethyl adjacent to an activating group) is 1. The van der Waals surface area contributed by atoms with Crippen molar-refractivity contribution in [3.8, 4) is 0 Å². The summed E-state index contributed by atoms with van der Waals surface area (Å²) in [6.07, 6.45) is 0.881. The molecule has 0 aliphatic carbocycles. The van der Waals surface area contributed by atoms with E-state index in [0.29, 0.717) is 18.7 Å². The van der Waals surface area contributed by atoms with Gasteiger partial charge in [0, 0.05) is 38.8 Å². The second-order valence-corrected chi connectivity index (χ2v) is 6.86. The molecule has 7 nitrogen and oxygen atoms in total. The number of anilines is 1. The van der Waals surface area contributed by atoms with Crippen molar-refractivity contribution >= 4 is 22.8 Å². The smallest absolute Gasteiger partial charge is 0.319 e. The molecular weight excluding hydrogens is 337 g/mol. The predicted octanol–water partition coefficient (Wildman–Crippen LogP) is 2.24. The maximum atomic E-state index is 13.3. The van der Waals surface area contributed by atoms with Crippen LogP contribution in [0.4, 0.5) is 15.0 Å². The van der Waals surface area contributed by atoms with Crippen molar-refractivity contribution in [3.63, 3.8) is 0 Å². The number of urea groups is 1. The Morgan fingerprint density at radius 1 is 1.27 bits per heavy atom. The molecule has 2 aliphatic heterocycles. The van der Waals surface area contributed by atoms with Crippen LogP contribution in [0.2, 0.25) is 0 Å². The molecule has 2 aliphatic rings. The summed E-state index contributed by atoms with van der Waals surface area (Å²) in [6.45, 7) is 8.73. The van der Waals surface area contributed by atoms with Crippen molar-refractivity contribution in [3.05, 3.63) is 24.0 Å². The second kappa shape index (κ2) is 6.42. The first-order chi connectivity index (χ1) is 12.6. The van der Waals surface area contributed by atoms with Crippen LogP contribution in [-0.4, -0.2) is 65.9 Å². The van der Waals surface area contributed by atoms with E-state index >= 15 is 0 Å². The molecular formula is C18H24FN5O2. The number of halogens is 1. The zero-order valence-electron chi connectivity index (χ0n) is 15.2. The van der Waals surface area contributed by atoms with Gasteiger partial charge in [-0.15, -0.1) is 0 Å². The fourth-order valence-electron chi connectivity index (χ4n) is 4.32. The first kappa shape index (κ1) is 17.1. The molecule has 0 saturated carbocycles. The number of nitrogens with zero attached hydrogens (tertiary/aromatic N) is 4. The third-order valence-electron chi connectivity index (χ3n) is 5.74. The van der Waals surface area contributed by atoms with Crippen molar-refractivity contribution in [2.75, 3.05) is 44.2 Å². The predicted molar refractivity (Wildman–Crippen MR) is 96.6 cm³/mol. The minimum atomic E-state index is -0.326. The Bertz CT molecular complexity index is 817. The molecule has 0 spiro atoms. The minimum absolute atomic E-state index is 0.0151. The lowest BCUT2D eigenvalue weighted by Gasteiger charge is -2.48. The standard InChI is InChI=1S/C18H24FN5O2/c1-3-18(12-20-17(25)24(18)4-2)23-9-7-22(8-10-23)16-14-6-5-13(19)11-15(14)26-21-16/h5-6,11H,3-4,7-10,12H2,1-2H3,(H,20,25). The average Bonchev–Trinajstić information content (AvgIpc) is 3.22. The molecule has 3 heterocycles. The van der Waals surface area contributed by atoms with Crippen LogP contribution in [0.25, 0.3) is 11.0 Å². The SMILES string of the molecule is CCN1C(=O)NCC1(CC)N1CCN(c2noc3cc(F)ccc23)CC1. The van der Waals surface area contributed by atoms with E-state index in [1.54, 1.807) is 6.07 Å². The van der Waals surface area contributed by atoms with Crippen molar-refractivity contribution in [1.29, 1.82) is 0 Å². The normalized spacial score (nSPS) is 24.5. The number of aromatic nitrogens is 1. The number of benzene rings is 1. The second-order valence-electron chi connectivity index (χ2n) is 6.86. The van der Waals surface area contributed by atoms with Crippen LogP contribution in [0.1, 0.15) is 20.3 Å². The molecule has 2 aromatic rings. The summed E-state index contributed by atoms with van der Waals surface area (Å²) in [5, 5.41) is 7.98. The molecule has 0 bridgehead atoms. The van der Waals surface area contributed by atoms with Crippen molar-refractivity contribution in [2.45, 2.75) is 25.9 Å². The number of hydrogen-bond donors (Lipinski definition) is 1. The van der Waals surface area contributed by atoms with E-state index in [1.165, 1.54) is 12.1 Å². The largest absolute Gasteiger partial charge is 0.354 e. The Labute approximate surface area is 151 Å². The number of amides is 2. The third-order valence-corrected chi connectivity index (χ3v) is 5.74. The Hall–Kier alpha value is -2.35. The molecule has 1 aromatic carbocycles. The van der Waals surface area contributed by atoms with Gasteiger partial charge in [-0.25, -0.2) is 9.18 Å². The maximum Gasteiger partial charge on any atom is 0.319 e. The summed E-state index contributed by atoms with van der Waals surface area (Å²) in [6, 6.07) is 4.53. The highest BCUT2D eigenvalue weighted by Crippen LogP contribution is 2.32. The third kappa shape index (κ3) is 2.51. The van der Waals surface area contributed by atoms with Gasteiger partial charge in [-0.2, -0.15) is 0 Å². The minimum Gasteiger partial charge on any atom is -0.354 e. The molecule has 0 radical (unpaired) electrons. The molecule has 2 fully saturated rings. The molecule has 2 amide bonds. The van der Waals surface area contributed by atoms with E-state index in [1.807, 2.05) is 11.8 Å². The van der Waals surface area contributed by atoms with E-state index in [2.05, 4.69) is 27.2 Å². The number of fused-ring (bicyclic) bond motifs is 1. The number of carbonyl (C=O) groups is 1. The van der Waals surface area contributed by atoms with Gasteiger partial charge >= 0.3 is 6.03 Å². The Kier molecular flexibility index (Phi) is 4.22. The Morgan fingerprint density at radius 2 is 2.04 bits per heavy atom. The molecule has 4 rings (SSSR count). The average molecular weight is 361 g/mol. The van der Waals surface area contributed by atoms with Gasteiger partial charge in [0.2, 0.25) is 0 Å². The van der Waals surface area contributed by atoms with Crippen LogP contribution in [0, 0.1) is 5.82 Å². The highest BCUT2D eigenvalue weighted by Gasteiger charge is 2.48. The Balaban J connectivity index is 1.52. The van der Waals surface area contributed by atoms with Crippen LogP contribution in [0.15, 0.2) is 22.7 Å². The van der Waals surface area contributed by atoms with Crippen LogP contribution in [-0.2, 0) is 0 Å². The molecule has 8 heteroatoms. The van der Waals surface area contributed by atoms with Crippen LogP contribution >= 0.6 is 0 Å². The highest BCUT2D eigenvalue weighted by atomic mass is 19.1. The number of nitrogens with one attached hydrogen (secondary N) is 1. The molecule has 1 aromatic heterocycles. The van der Waals surface area contributed by atoms with E-state index in [9.17, 15) is 9.18 Å². The van der Waals surface area contributed by atoms with Gasteiger partial charge in [0.15, 0.2) is 11.4 Å². The van der Waals surface area contributed by atoms with Gasteiger partial charge in [0.05, 0.1) is 11.9 Å². The van der Waals surface area contributed by atoms with Gasteiger partial charge in [0.1, 0.15) is 11.5 Å². The number of rotatable bonds is 4. The molecule has 2 saturated heterocycles. The zero-order chi connectivity index (χ0) is 18.3. The van der Waals surface area contributed by atoms with E-state index in [0.717, 1.165) is 43.8 Å². The van der Waals surface area contributed by atoms with Crippen molar-refractivity contribution < 1.29 is 13.7 Å². The maximum absolute atomic E-state index is 13.3. The van der Waals surface area contributed by atoms with Gasteiger partial charge in [-0.1, -0.05) is 12.1 Å². The monoisotopic (exact) mass is 361 g/mol. The Morgan fingerprint density at radius 3 is 2.73 bits per heavy atom. The molecule has 1 N–H and O–H groups in total. The number of carbonyl (C=O) groups excluding carboxylic acids is 1. The summed E-state index contributed by atoms with van der Waals surface area (Å²) in [5.74, 6) is 0.436. The van der Waals surface area contributed by atoms with Crippen molar-refractivity contribution in [2.24, 2.45) is 0 Å². The molecule has 1 unspecified atom stereocenters. The summed E-state index contributed by atoms with van der Waals surface area (Å²) >= 11 is 0. The quantitative estimate of drug-likeness (QED) is 0.905. The van der Waals surface area contributed by atoms with Gasteiger partial charge in [0.25, 0.3) is 0 Å². The molecule has 1 atom stereocenters. The number of piperazine rings is 1. The van der Waals surface area contributed by atoms with Gasteiger partial charge < -0.3 is 19.6 Å². The summed E-state index contributed by atoms with van der Waals surface area (Å²) in [7, 11) is 0. The fraction of sp³-hybridized carbons (Fsp3) is 0.556. The summed E-state index contributed by atoms with van der Waals surface area (Å²) in [5.41, 5.74) is 0.211.